The Morgan fingerprint density at radius 3 is 2.55 bits per heavy atom. The predicted molar refractivity (Wildman–Crippen MR) is 129 cm³/mol. The molecular formula is C27H24FNO3S. The largest absolute Gasteiger partial charge is 0.487 e. The van der Waals surface area contributed by atoms with Gasteiger partial charge in [-0.25, -0.2) is 14.2 Å². The molecule has 0 aliphatic heterocycles. The van der Waals surface area contributed by atoms with Crippen molar-refractivity contribution in [2.75, 3.05) is 7.11 Å². The number of halogens is 1. The Balaban J connectivity index is 1.78. The van der Waals surface area contributed by atoms with Gasteiger partial charge in [0.2, 0.25) is 0 Å². The molecule has 4 nitrogen and oxygen atoms in total. The number of fused-ring (bicyclic) bond motifs is 1. The number of rotatable bonds is 7. The van der Waals surface area contributed by atoms with Crippen LogP contribution in [0.15, 0.2) is 71.8 Å². The standard InChI is InChI=1S/C27H24FNO3S/c1-17-12-13-18(2)20(14-17)15-32-25-21-9-5-7-11-23(21)29-26(24(25)27(30)31-3)33-16-19-8-4-6-10-22(19)28/h4-14H,15-16H2,1-3H3. The van der Waals surface area contributed by atoms with Crippen LogP contribution in [0.2, 0.25) is 0 Å². The maximum Gasteiger partial charge on any atom is 0.344 e. The molecule has 0 radical (unpaired) electrons. The Hall–Kier alpha value is -3.38. The van der Waals surface area contributed by atoms with E-state index in [4.69, 9.17) is 14.5 Å². The van der Waals surface area contributed by atoms with Gasteiger partial charge in [-0.2, -0.15) is 0 Å². The van der Waals surface area contributed by atoms with Crippen LogP contribution in [0.4, 0.5) is 4.39 Å². The van der Waals surface area contributed by atoms with Crippen molar-refractivity contribution < 1.29 is 18.7 Å². The van der Waals surface area contributed by atoms with Gasteiger partial charge in [0.15, 0.2) is 0 Å². The second kappa shape index (κ2) is 10.0. The minimum absolute atomic E-state index is 0.253. The van der Waals surface area contributed by atoms with Crippen LogP contribution >= 0.6 is 11.8 Å². The van der Waals surface area contributed by atoms with Crippen molar-refractivity contribution in [1.29, 1.82) is 0 Å². The summed E-state index contributed by atoms with van der Waals surface area (Å²) in [7, 11) is 1.33. The van der Waals surface area contributed by atoms with E-state index in [2.05, 4.69) is 18.2 Å². The molecule has 0 fully saturated rings. The molecule has 33 heavy (non-hydrogen) atoms. The van der Waals surface area contributed by atoms with Gasteiger partial charge in [-0.05, 0) is 48.7 Å². The molecule has 0 aliphatic carbocycles. The molecule has 1 aromatic heterocycles. The van der Waals surface area contributed by atoms with Crippen LogP contribution in [-0.4, -0.2) is 18.1 Å². The number of para-hydroxylation sites is 1. The SMILES string of the molecule is COC(=O)c1c(SCc2ccccc2F)nc2ccccc2c1OCc1cc(C)ccc1C. The number of aryl methyl sites for hydroxylation is 2. The van der Waals surface area contributed by atoms with Crippen molar-refractivity contribution in [3.63, 3.8) is 0 Å². The normalized spacial score (nSPS) is 10.9. The third kappa shape index (κ3) is 5.01. The molecule has 168 valence electrons. The maximum absolute atomic E-state index is 14.2. The highest BCUT2D eigenvalue weighted by Crippen LogP contribution is 2.37. The molecule has 0 unspecified atom stereocenters. The number of hydrogen-bond donors (Lipinski definition) is 0. The zero-order valence-electron chi connectivity index (χ0n) is 18.7. The van der Waals surface area contributed by atoms with Gasteiger partial charge in [0.1, 0.15) is 28.8 Å². The number of nitrogens with zero attached hydrogens (tertiary/aromatic N) is 1. The van der Waals surface area contributed by atoms with E-state index >= 15 is 0 Å². The van der Waals surface area contributed by atoms with E-state index in [9.17, 15) is 9.18 Å². The van der Waals surface area contributed by atoms with Crippen LogP contribution in [-0.2, 0) is 17.1 Å². The molecule has 0 saturated heterocycles. The molecule has 0 saturated carbocycles. The van der Waals surface area contributed by atoms with Crippen molar-refractivity contribution in [2.45, 2.75) is 31.2 Å². The van der Waals surface area contributed by atoms with Crippen LogP contribution in [0, 0.1) is 19.7 Å². The number of carbonyl (C=O) groups is 1. The number of aromatic nitrogens is 1. The molecule has 0 bridgehead atoms. The van der Waals surface area contributed by atoms with Gasteiger partial charge >= 0.3 is 5.97 Å². The molecule has 0 spiro atoms. The van der Waals surface area contributed by atoms with Gasteiger partial charge in [0, 0.05) is 11.1 Å². The fourth-order valence-corrected chi connectivity index (χ4v) is 4.57. The van der Waals surface area contributed by atoms with E-state index in [-0.39, 0.29) is 11.4 Å². The number of pyridine rings is 1. The Bertz CT molecular complexity index is 1320. The Kier molecular flexibility index (Phi) is 6.94. The average Bonchev–Trinajstić information content (AvgIpc) is 2.83. The topological polar surface area (TPSA) is 48.4 Å². The number of methoxy groups -OCH3 is 1. The number of thioether (sulfide) groups is 1. The molecular weight excluding hydrogens is 437 g/mol. The third-order valence-corrected chi connectivity index (χ3v) is 6.42. The fraction of sp³-hybridized carbons (Fsp3) is 0.185. The molecule has 0 N–H and O–H groups in total. The van der Waals surface area contributed by atoms with E-state index < -0.39 is 5.97 Å². The number of ether oxygens (including phenoxy) is 2. The predicted octanol–water partition coefficient (Wildman–Crippen LogP) is 6.65. The first-order valence-corrected chi connectivity index (χ1v) is 11.5. The number of carbonyl (C=O) groups excluding carboxylic acids is 1. The van der Waals surface area contributed by atoms with E-state index in [0.29, 0.717) is 34.2 Å². The second-order valence-electron chi connectivity index (χ2n) is 7.73. The molecule has 0 atom stereocenters. The highest BCUT2D eigenvalue weighted by atomic mass is 32.2. The first-order valence-electron chi connectivity index (χ1n) is 10.5. The lowest BCUT2D eigenvalue weighted by Crippen LogP contribution is -2.10. The number of esters is 1. The Morgan fingerprint density at radius 1 is 1.00 bits per heavy atom. The number of benzene rings is 3. The lowest BCUT2D eigenvalue weighted by atomic mass is 10.1. The van der Waals surface area contributed by atoms with Gasteiger partial charge in [-0.1, -0.05) is 54.1 Å². The van der Waals surface area contributed by atoms with Gasteiger partial charge in [-0.3, -0.25) is 0 Å². The van der Waals surface area contributed by atoms with Gasteiger partial charge < -0.3 is 9.47 Å². The highest BCUT2D eigenvalue weighted by Gasteiger charge is 2.24. The number of hydrogen-bond acceptors (Lipinski definition) is 5. The summed E-state index contributed by atoms with van der Waals surface area (Å²) in [4.78, 5) is 17.6. The van der Waals surface area contributed by atoms with Crippen LogP contribution in [0.5, 0.6) is 5.75 Å². The summed E-state index contributed by atoms with van der Waals surface area (Å²) in [5, 5.41) is 1.17. The lowest BCUT2D eigenvalue weighted by Gasteiger charge is -2.17. The zero-order valence-corrected chi connectivity index (χ0v) is 19.5. The van der Waals surface area contributed by atoms with E-state index in [1.165, 1.54) is 24.9 Å². The Morgan fingerprint density at radius 2 is 1.76 bits per heavy atom. The summed E-state index contributed by atoms with van der Waals surface area (Å²) in [6.07, 6.45) is 0. The molecule has 4 rings (SSSR count). The summed E-state index contributed by atoms with van der Waals surface area (Å²) in [5.41, 5.74) is 4.75. The molecule has 4 aromatic rings. The van der Waals surface area contributed by atoms with Crippen LogP contribution in [0.3, 0.4) is 0 Å². The van der Waals surface area contributed by atoms with Crippen molar-refractivity contribution in [1.82, 2.24) is 4.98 Å². The van der Waals surface area contributed by atoms with Crippen LogP contribution in [0.25, 0.3) is 10.9 Å². The van der Waals surface area contributed by atoms with Crippen molar-refractivity contribution in [2.24, 2.45) is 0 Å². The van der Waals surface area contributed by atoms with Gasteiger partial charge in [0.05, 0.1) is 12.6 Å². The first kappa shape index (κ1) is 22.8. The molecule has 3 aromatic carbocycles. The third-order valence-electron chi connectivity index (χ3n) is 5.40. The minimum Gasteiger partial charge on any atom is -0.487 e. The summed E-state index contributed by atoms with van der Waals surface area (Å²) < 4.78 is 25.6. The summed E-state index contributed by atoms with van der Waals surface area (Å²) in [6, 6.07) is 20.3. The van der Waals surface area contributed by atoms with Crippen molar-refractivity contribution in [3.8, 4) is 5.75 Å². The Labute approximate surface area is 196 Å². The smallest absolute Gasteiger partial charge is 0.344 e. The summed E-state index contributed by atoms with van der Waals surface area (Å²) in [5.74, 6) is -0.0974. The average molecular weight is 462 g/mol. The molecule has 0 amide bonds. The maximum atomic E-state index is 14.2. The van der Waals surface area contributed by atoms with Gasteiger partial charge in [-0.15, -0.1) is 11.8 Å². The summed E-state index contributed by atoms with van der Waals surface area (Å²) >= 11 is 1.28. The zero-order chi connectivity index (χ0) is 23.4. The minimum atomic E-state index is -0.541. The van der Waals surface area contributed by atoms with Crippen LogP contribution < -0.4 is 4.74 Å². The van der Waals surface area contributed by atoms with E-state index in [0.717, 1.165) is 22.1 Å². The van der Waals surface area contributed by atoms with Crippen molar-refractivity contribution in [3.05, 3.63) is 100 Å². The van der Waals surface area contributed by atoms with E-state index in [1.54, 1.807) is 18.2 Å². The fourth-order valence-electron chi connectivity index (χ4n) is 3.56. The van der Waals surface area contributed by atoms with Crippen LogP contribution in [0.1, 0.15) is 32.6 Å². The first-order chi connectivity index (χ1) is 16.0. The van der Waals surface area contributed by atoms with Crippen molar-refractivity contribution >= 4 is 28.6 Å². The lowest BCUT2D eigenvalue weighted by molar-refractivity contribution is 0.0590. The molecule has 6 heteroatoms. The second-order valence-corrected chi connectivity index (χ2v) is 8.69. The summed E-state index contributed by atoms with van der Waals surface area (Å²) in [6.45, 7) is 4.35. The van der Waals surface area contributed by atoms with E-state index in [1.807, 2.05) is 38.1 Å². The highest BCUT2D eigenvalue weighted by molar-refractivity contribution is 7.98. The molecule has 1 heterocycles. The quantitative estimate of drug-likeness (QED) is 0.228. The monoisotopic (exact) mass is 461 g/mol. The molecule has 0 aliphatic rings. The van der Waals surface area contributed by atoms with Gasteiger partial charge in [0.25, 0.3) is 0 Å².